The number of rotatable bonds is 6. The van der Waals surface area contributed by atoms with E-state index in [0.29, 0.717) is 21.4 Å². The van der Waals surface area contributed by atoms with E-state index in [0.717, 1.165) is 5.69 Å². The molecule has 0 radical (unpaired) electrons. The standard InChI is InChI=1S/C16H21BrN4O3S/c1-5-25(23,24)21-12-7-6-11(8-10(12)4)18-16(22)15-13(17)14(9(2)3)19-20-15/h6-9,21H,5H2,1-4H3,(H,18,22)(H,19,20). The second-order valence-electron chi connectivity index (χ2n) is 5.94. The van der Waals surface area contributed by atoms with Gasteiger partial charge in [0.25, 0.3) is 5.91 Å². The summed E-state index contributed by atoms with van der Waals surface area (Å²) in [7, 11) is -3.34. The molecule has 0 aliphatic carbocycles. The van der Waals surface area contributed by atoms with Crippen molar-refractivity contribution >= 4 is 43.2 Å². The summed E-state index contributed by atoms with van der Waals surface area (Å²) in [5, 5.41) is 9.68. The Morgan fingerprint density at radius 2 is 2.04 bits per heavy atom. The van der Waals surface area contributed by atoms with Gasteiger partial charge in [0.05, 0.1) is 21.6 Å². The number of H-pyrrole nitrogens is 1. The number of hydrogen-bond acceptors (Lipinski definition) is 4. The number of aromatic nitrogens is 2. The second kappa shape index (κ2) is 7.57. The molecular formula is C16H21BrN4O3S. The number of nitrogens with zero attached hydrogens (tertiary/aromatic N) is 1. The molecule has 1 heterocycles. The molecule has 136 valence electrons. The molecule has 0 saturated heterocycles. The van der Waals surface area contributed by atoms with Gasteiger partial charge in [-0.2, -0.15) is 5.10 Å². The number of carbonyl (C=O) groups excluding carboxylic acids is 1. The first-order valence-electron chi connectivity index (χ1n) is 7.80. The van der Waals surface area contributed by atoms with Gasteiger partial charge in [-0.15, -0.1) is 0 Å². The minimum Gasteiger partial charge on any atom is -0.321 e. The maximum absolute atomic E-state index is 12.4. The fourth-order valence-corrected chi connectivity index (χ4v) is 3.68. The molecule has 7 nitrogen and oxygen atoms in total. The predicted octanol–water partition coefficient (Wildman–Crippen LogP) is 3.62. The number of hydrogen-bond donors (Lipinski definition) is 3. The molecule has 0 fully saturated rings. The number of carbonyl (C=O) groups is 1. The summed E-state index contributed by atoms with van der Waals surface area (Å²) >= 11 is 3.40. The van der Waals surface area contributed by atoms with Crippen molar-refractivity contribution in [2.75, 3.05) is 15.8 Å². The molecule has 25 heavy (non-hydrogen) atoms. The average Bonchev–Trinajstić information content (AvgIpc) is 2.92. The summed E-state index contributed by atoms with van der Waals surface area (Å²) < 4.78 is 26.5. The number of amides is 1. The van der Waals surface area contributed by atoms with Gasteiger partial charge in [0.15, 0.2) is 5.69 Å². The zero-order valence-electron chi connectivity index (χ0n) is 14.5. The van der Waals surface area contributed by atoms with Crippen LogP contribution in [0, 0.1) is 6.92 Å². The number of sulfonamides is 1. The minimum atomic E-state index is -3.34. The molecule has 0 atom stereocenters. The Kier molecular flexibility index (Phi) is 5.89. The molecule has 0 aliphatic heterocycles. The van der Waals surface area contributed by atoms with Crippen LogP contribution < -0.4 is 10.0 Å². The molecule has 0 unspecified atom stereocenters. The maximum Gasteiger partial charge on any atom is 0.277 e. The van der Waals surface area contributed by atoms with Crippen LogP contribution in [-0.4, -0.2) is 30.3 Å². The average molecular weight is 429 g/mol. The largest absolute Gasteiger partial charge is 0.321 e. The third-order valence-electron chi connectivity index (χ3n) is 3.65. The summed E-state index contributed by atoms with van der Waals surface area (Å²) in [5.74, 6) is -0.149. The van der Waals surface area contributed by atoms with E-state index in [4.69, 9.17) is 0 Å². The third-order valence-corrected chi connectivity index (χ3v) is 5.75. The summed E-state index contributed by atoms with van der Waals surface area (Å²) in [5.41, 5.74) is 2.88. The number of benzene rings is 1. The lowest BCUT2D eigenvalue weighted by atomic mass is 10.1. The molecule has 1 aromatic heterocycles. The van der Waals surface area contributed by atoms with Gasteiger partial charge in [0, 0.05) is 5.69 Å². The van der Waals surface area contributed by atoms with Crippen molar-refractivity contribution in [3.8, 4) is 0 Å². The van der Waals surface area contributed by atoms with Crippen LogP contribution in [0.2, 0.25) is 0 Å². The minimum absolute atomic E-state index is 0.00367. The van der Waals surface area contributed by atoms with Crippen LogP contribution >= 0.6 is 15.9 Å². The van der Waals surface area contributed by atoms with Crippen LogP contribution in [0.5, 0.6) is 0 Å². The highest BCUT2D eigenvalue weighted by atomic mass is 79.9. The van der Waals surface area contributed by atoms with Gasteiger partial charge in [-0.1, -0.05) is 13.8 Å². The van der Waals surface area contributed by atoms with E-state index in [1.54, 1.807) is 32.0 Å². The Balaban J connectivity index is 2.18. The number of halogens is 1. The van der Waals surface area contributed by atoms with E-state index in [2.05, 4.69) is 36.2 Å². The molecule has 1 amide bonds. The monoisotopic (exact) mass is 428 g/mol. The topological polar surface area (TPSA) is 104 Å². The Labute approximate surface area is 155 Å². The predicted molar refractivity (Wildman–Crippen MR) is 103 cm³/mol. The number of nitrogens with one attached hydrogen (secondary N) is 3. The van der Waals surface area contributed by atoms with E-state index in [1.807, 2.05) is 13.8 Å². The quantitative estimate of drug-likeness (QED) is 0.653. The van der Waals surface area contributed by atoms with Crippen molar-refractivity contribution < 1.29 is 13.2 Å². The van der Waals surface area contributed by atoms with Crippen LogP contribution in [0.1, 0.15) is 48.4 Å². The van der Waals surface area contributed by atoms with Gasteiger partial charge in [-0.05, 0) is 59.5 Å². The lowest BCUT2D eigenvalue weighted by molar-refractivity contribution is 0.102. The van der Waals surface area contributed by atoms with Crippen LogP contribution in [0.4, 0.5) is 11.4 Å². The maximum atomic E-state index is 12.4. The normalized spacial score (nSPS) is 11.6. The summed E-state index contributed by atoms with van der Waals surface area (Å²) in [6.07, 6.45) is 0. The Hall–Kier alpha value is -1.87. The van der Waals surface area contributed by atoms with Gasteiger partial charge in [0.2, 0.25) is 10.0 Å². The molecule has 0 bridgehead atoms. The van der Waals surface area contributed by atoms with Crippen molar-refractivity contribution in [2.45, 2.75) is 33.6 Å². The first-order valence-corrected chi connectivity index (χ1v) is 10.3. The number of aryl methyl sites for hydroxylation is 1. The van der Waals surface area contributed by atoms with Gasteiger partial charge < -0.3 is 5.32 Å². The molecule has 2 rings (SSSR count). The van der Waals surface area contributed by atoms with Crippen LogP contribution in [0.15, 0.2) is 22.7 Å². The first-order chi connectivity index (χ1) is 11.6. The van der Waals surface area contributed by atoms with E-state index in [9.17, 15) is 13.2 Å². The van der Waals surface area contributed by atoms with Crippen LogP contribution in [0.25, 0.3) is 0 Å². The first kappa shape index (κ1) is 19.5. The molecule has 0 saturated carbocycles. The molecule has 2 aromatic rings. The molecule has 9 heteroatoms. The number of aromatic amines is 1. The van der Waals surface area contributed by atoms with E-state index >= 15 is 0 Å². The molecule has 3 N–H and O–H groups in total. The Morgan fingerprint density at radius 3 is 2.56 bits per heavy atom. The smallest absolute Gasteiger partial charge is 0.277 e. The zero-order valence-corrected chi connectivity index (χ0v) is 16.9. The zero-order chi connectivity index (χ0) is 18.8. The van der Waals surface area contributed by atoms with E-state index in [-0.39, 0.29) is 23.3 Å². The van der Waals surface area contributed by atoms with Crippen molar-refractivity contribution in [1.82, 2.24) is 10.2 Å². The van der Waals surface area contributed by atoms with Crippen LogP contribution in [-0.2, 0) is 10.0 Å². The van der Waals surface area contributed by atoms with Crippen molar-refractivity contribution in [3.05, 3.63) is 39.6 Å². The van der Waals surface area contributed by atoms with Gasteiger partial charge in [0.1, 0.15) is 0 Å². The molecule has 0 aliphatic rings. The second-order valence-corrected chi connectivity index (χ2v) is 8.75. The van der Waals surface area contributed by atoms with Gasteiger partial charge in [-0.3, -0.25) is 14.6 Å². The molecule has 1 aromatic carbocycles. The SMILES string of the molecule is CCS(=O)(=O)Nc1ccc(NC(=O)c2n[nH]c(C(C)C)c2Br)cc1C. The van der Waals surface area contributed by atoms with Crippen molar-refractivity contribution in [3.63, 3.8) is 0 Å². The highest BCUT2D eigenvalue weighted by Crippen LogP contribution is 2.27. The number of anilines is 2. The lowest BCUT2D eigenvalue weighted by Crippen LogP contribution is -2.16. The van der Waals surface area contributed by atoms with E-state index < -0.39 is 10.0 Å². The van der Waals surface area contributed by atoms with Gasteiger partial charge >= 0.3 is 0 Å². The summed E-state index contributed by atoms with van der Waals surface area (Å²) in [6, 6.07) is 4.97. The third kappa shape index (κ3) is 4.60. The van der Waals surface area contributed by atoms with E-state index in [1.165, 1.54) is 0 Å². The lowest BCUT2D eigenvalue weighted by Gasteiger charge is -2.11. The fourth-order valence-electron chi connectivity index (χ4n) is 2.16. The van der Waals surface area contributed by atoms with Crippen LogP contribution in [0.3, 0.4) is 0 Å². The summed E-state index contributed by atoms with van der Waals surface area (Å²) in [6.45, 7) is 7.34. The van der Waals surface area contributed by atoms with Crippen molar-refractivity contribution in [2.24, 2.45) is 0 Å². The Bertz CT molecular complexity index is 891. The summed E-state index contributed by atoms with van der Waals surface area (Å²) in [4.78, 5) is 12.4. The Morgan fingerprint density at radius 1 is 1.36 bits per heavy atom. The molecule has 0 spiro atoms. The highest BCUT2D eigenvalue weighted by Gasteiger charge is 2.19. The fraction of sp³-hybridized carbons (Fsp3) is 0.375. The van der Waals surface area contributed by atoms with Gasteiger partial charge in [-0.25, -0.2) is 8.42 Å². The molecular weight excluding hydrogens is 408 g/mol. The van der Waals surface area contributed by atoms with Crippen molar-refractivity contribution in [1.29, 1.82) is 0 Å². The highest BCUT2D eigenvalue weighted by molar-refractivity contribution is 9.10.